The topological polar surface area (TPSA) is 9.23 Å². The standard InChI is InChI=1S/C15H30O/c1-3-5-6-7-8-9-10-11-12-13-14-15-16-4-2/h7-8H,3-6,9-15H2,1-2H3. The van der Waals surface area contributed by atoms with Crippen LogP contribution in [0.25, 0.3) is 0 Å². The van der Waals surface area contributed by atoms with Gasteiger partial charge in [-0.15, -0.1) is 0 Å². The Kier molecular flexibility index (Phi) is 14.4. The Hall–Kier alpha value is -0.300. The smallest absolute Gasteiger partial charge is 0.0465 e. The molecule has 0 aromatic heterocycles. The van der Waals surface area contributed by atoms with Crippen molar-refractivity contribution in [1.82, 2.24) is 0 Å². The second-order valence-electron chi connectivity index (χ2n) is 4.37. The van der Waals surface area contributed by atoms with Gasteiger partial charge < -0.3 is 4.74 Å². The molecule has 0 saturated heterocycles. The summed E-state index contributed by atoms with van der Waals surface area (Å²) in [5.74, 6) is 0. The van der Waals surface area contributed by atoms with Crippen molar-refractivity contribution < 1.29 is 4.74 Å². The minimum Gasteiger partial charge on any atom is -0.382 e. The molecule has 0 saturated carbocycles. The van der Waals surface area contributed by atoms with Gasteiger partial charge >= 0.3 is 0 Å². The van der Waals surface area contributed by atoms with Crippen molar-refractivity contribution in [3.63, 3.8) is 0 Å². The first-order valence-electron chi connectivity index (χ1n) is 7.14. The minimum atomic E-state index is 0.864. The van der Waals surface area contributed by atoms with Crippen molar-refractivity contribution in [2.45, 2.75) is 71.6 Å². The van der Waals surface area contributed by atoms with Crippen LogP contribution in [-0.4, -0.2) is 13.2 Å². The Morgan fingerprint density at radius 2 is 1.38 bits per heavy atom. The third-order valence-corrected chi connectivity index (χ3v) is 2.75. The molecule has 0 N–H and O–H groups in total. The molecule has 0 aromatic rings. The molecule has 0 spiro atoms. The minimum absolute atomic E-state index is 0.864. The van der Waals surface area contributed by atoms with Crippen molar-refractivity contribution in [3.05, 3.63) is 12.2 Å². The monoisotopic (exact) mass is 226 g/mol. The predicted octanol–water partition coefficient (Wildman–Crippen LogP) is 5.11. The van der Waals surface area contributed by atoms with Crippen LogP contribution < -0.4 is 0 Å². The maximum absolute atomic E-state index is 5.30. The molecular formula is C15H30O. The fourth-order valence-electron chi connectivity index (χ4n) is 1.70. The van der Waals surface area contributed by atoms with Crippen LogP contribution in [0.15, 0.2) is 12.2 Å². The molecule has 0 unspecified atom stereocenters. The van der Waals surface area contributed by atoms with E-state index in [-0.39, 0.29) is 0 Å². The zero-order chi connectivity index (χ0) is 11.9. The molecule has 0 aliphatic carbocycles. The van der Waals surface area contributed by atoms with Crippen LogP contribution in [0, 0.1) is 0 Å². The third-order valence-electron chi connectivity index (χ3n) is 2.75. The predicted molar refractivity (Wildman–Crippen MR) is 72.9 cm³/mol. The van der Waals surface area contributed by atoms with E-state index >= 15 is 0 Å². The quantitative estimate of drug-likeness (QED) is 0.332. The Labute approximate surface area is 102 Å². The van der Waals surface area contributed by atoms with Crippen molar-refractivity contribution in [2.75, 3.05) is 13.2 Å². The average molecular weight is 226 g/mol. The summed E-state index contributed by atoms with van der Waals surface area (Å²) in [6, 6.07) is 0. The molecule has 96 valence electrons. The van der Waals surface area contributed by atoms with Crippen LogP contribution in [0.3, 0.4) is 0 Å². The van der Waals surface area contributed by atoms with Crippen molar-refractivity contribution in [2.24, 2.45) is 0 Å². The Morgan fingerprint density at radius 1 is 0.750 bits per heavy atom. The van der Waals surface area contributed by atoms with Gasteiger partial charge in [0.2, 0.25) is 0 Å². The molecule has 0 amide bonds. The van der Waals surface area contributed by atoms with E-state index in [4.69, 9.17) is 4.74 Å². The molecule has 1 heteroatoms. The van der Waals surface area contributed by atoms with E-state index in [1.165, 1.54) is 57.8 Å². The lowest BCUT2D eigenvalue weighted by Gasteiger charge is -2.00. The summed E-state index contributed by atoms with van der Waals surface area (Å²) in [4.78, 5) is 0. The molecule has 16 heavy (non-hydrogen) atoms. The first-order chi connectivity index (χ1) is 7.91. The summed E-state index contributed by atoms with van der Waals surface area (Å²) >= 11 is 0. The van der Waals surface area contributed by atoms with Crippen molar-refractivity contribution >= 4 is 0 Å². The molecular weight excluding hydrogens is 196 g/mol. The van der Waals surface area contributed by atoms with Gasteiger partial charge in [-0.3, -0.25) is 0 Å². The molecule has 0 aliphatic rings. The molecule has 0 bridgehead atoms. The molecule has 0 rings (SSSR count). The summed E-state index contributed by atoms with van der Waals surface area (Å²) in [6.07, 6.45) is 16.6. The maximum Gasteiger partial charge on any atom is 0.0465 e. The van der Waals surface area contributed by atoms with Crippen LogP contribution >= 0.6 is 0 Å². The van der Waals surface area contributed by atoms with Gasteiger partial charge in [-0.25, -0.2) is 0 Å². The summed E-state index contributed by atoms with van der Waals surface area (Å²) in [5.41, 5.74) is 0. The lowest BCUT2D eigenvalue weighted by atomic mass is 10.1. The van der Waals surface area contributed by atoms with Gasteiger partial charge in [0.25, 0.3) is 0 Å². The van der Waals surface area contributed by atoms with E-state index in [2.05, 4.69) is 26.0 Å². The lowest BCUT2D eigenvalue weighted by molar-refractivity contribution is 0.143. The van der Waals surface area contributed by atoms with Crippen LogP contribution in [-0.2, 0) is 4.74 Å². The van der Waals surface area contributed by atoms with Gasteiger partial charge in [0.1, 0.15) is 0 Å². The zero-order valence-corrected chi connectivity index (χ0v) is 11.3. The highest BCUT2D eigenvalue weighted by Gasteiger charge is 1.90. The third kappa shape index (κ3) is 13.7. The van der Waals surface area contributed by atoms with E-state index in [1.807, 2.05) is 0 Å². The van der Waals surface area contributed by atoms with Crippen LogP contribution in [0.1, 0.15) is 71.6 Å². The van der Waals surface area contributed by atoms with E-state index in [1.54, 1.807) is 0 Å². The average Bonchev–Trinajstić information content (AvgIpc) is 2.31. The number of hydrogen-bond donors (Lipinski definition) is 0. The Balaban J connectivity index is 2.95. The van der Waals surface area contributed by atoms with Gasteiger partial charge in [0.15, 0.2) is 0 Å². The fraction of sp³-hybridized carbons (Fsp3) is 0.867. The number of rotatable bonds is 12. The van der Waals surface area contributed by atoms with E-state index in [0.717, 1.165) is 13.2 Å². The number of ether oxygens (including phenoxy) is 1. The second kappa shape index (κ2) is 14.7. The highest BCUT2D eigenvalue weighted by molar-refractivity contribution is 4.80. The highest BCUT2D eigenvalue weighted by atomic mass is 16.5. The normalized spacial score (nSPS) is 11.4. The number of hydrogen-bond acceptors (Lipinski definition) is 1. The van der Waals surface area contributed by atoms with E-state index in [9.17, 15) is 0 Å². The van der Waals surface area contributed by atoms with Gasteiger partial charge in [-0.05, 0) is 32.6 Å². The van der Waals surface area contributed by atoms with Gasteiger partial charge in [0, 0.05) is 13.2 Å². The van der Waals surface area contributed by atoms with Crippen LogP contribution in [0.2, 0.25) is 0 Å². The summed E-state index contributed by atoms with van der Waals surface area (Å²) < 4.78 is 5.30. The summed E-state index contributed by atoms with van der Waals surface area (Å²) in [7, 11) is 0. The highest BCUT2D eigenvalue weighted by Crippen LogP contribution is 2.06. The fourth-order valence-corrected chi connectivity index (χ4v) is 1.70. The maximum atomic E-state index is 5.30. The molecule has 0 radical (unpaired) electrons. The van der Waals surface area contributed by atoms with Crippen LogP contribution in [0.5, 0.6) is 0 Å². The first-order valence-corrected chi connectivity index (χ1v) is 7.14. The van der Waals surface area contributed by atoms with Gasteiger partial charge in [-0.2, -0.15) is 0 Å². The van der Waals surface area contributed by atoms with Crippen molar-refractivity contribution in [3.8, 4) is 0 Å². The molecule has 0 fully saturated rings. The lowest BCUT2D eigenvalue weighted by Crippen LogP contribution is -1.92. The number of unbranched alkanes of at least 4 members (excludes halogenated alkanes) is 7. The van der Waals surface area contributed by atoms with Gasteiger partial charge in [-0.1, -0.05) is 51.2 Å². The van der Waals surface area contributed by atoms with Crippen molar-refractivity contribution in [1.29, 1.82) is 0 Å². The van der Waals surface area contributed by atoms with E-state index < -0.39 is 0 Å². The Bertz CT molecular complexity index is 140. The second-order valence-corrected chi connectivity index (χ2v) is 4.37. The first kappa shape index (κ1) is 15.7. The molecule has 0 aliphatic heterocycles. The molecule has 0 aromatic carbocycles. The summed E-state index contributed by atoms with van der Waals surface area (Å²) in [5, 5.41) is 0. The molecule has 1 nitrogen and oxygen atoms in total. The van der Waals surface area contributed by atoms with E-state index in [0.29, 0.717) is 0 Å². The number of allylic oxidation sites excluding steroid dienone is 2. The largest absolute Gasteiger partial charge is 0.382 e. The molecule has 0 atom stereocenters. The van der Waals surface area contributed by atoms with Gasteiger partial charge in [0.05, 0.1) is 0 Å². The van der Waals surface area contributed by atoms with Crippen LogP contribution in [0.4, 0.5) is 0 Å². The Morgan fingerprint density at radius 3 is 2.06 bits per heavy atom. The molecule has 0 heterocycles. The SMILES string of the molecule is CCCCC=CCCCCCCCOCC. The zero-order valence-electron chi connectivity index (χ0n) is 11.3. The summed E-state index contributed by atoms with van der Waals surface area (Å²) in [6.45, 7) is 6.12.